The van der Waals surface area contributed by atoms with Gasteiger partial charge in [-0.25, -0.2) is 9.98 Å². The summed E-state index contributed by atoms with van der Waals surface area (Å²) in [5, 5.41) is 0. The standard InChI is InChI=1S/2C5H13N5.Cu.H2O4S/c2*1-3(2)9-5(8)10-4(6)7;;1-5(2,3)4/h2*3H,1-2H3,(H6,6,7,8,9,10);;(H2,1,2,3,4)/q;;+2;/p-2. The molecule has 0 unspecified atom stereocenters. The van der Waals surface area contributed by atoms with Crippen molar-refractivity contribution in [2.45, 2.75) is 39.8 Å². The molecule has 26 heavy (non-hydrogen) atoms. The van der Waals surface area contributed by atoms with Crippen LogP contribution in [0.4, 0.5) is 0 Å². The molecule has 0 aliphatic rings. The number of hydrogen-bond acceptors (Lipinski definition) is 6. The Hall–Kier alpha value is -2.13. The molecule has 0 fully saturated rings. The molecule has 0 aromatic carbocycles. The van der Waals surface area contributed by atoms with E-state index in [2.05, 4.69) is 20.0 Å². The number of hydrogen-bond donors (Lipinski definition) is 6. The molecule has 0 spiro atoms. The van der Waals surface area contributed by atoms with Gasteiger partial charge in [0.25, 0.3) is 0 Å². The first kappa shape index (κ1) is 31.6. The van der Waals surface area contributed by atoms with Crippen molar-refractivity contribution in [3.05, 3.63) is 0 Å². The summed E-state index contributed by atoms with van der Waals surface area (Å²) in [5.74, 6) is 0.105. The normalized spacial score (nSPS) is 11.2. The molecule has 16 heteroatoms. The Labute approximate surface area is 163 Å². The van der Waals surface area contributed by atoms with Gasteiger partial charge in [0.15, 0.2) is 11.9 Å². The van der Waals surface area contributed by atoms with Crippen LogP contribution in [0, 0.1) is 0 Å². The summed E-state index contributed by atoms with van der Waals surface area (Å²) < 4.78 is 34.1. The third-order valence-electron chi connectivity index (χ3n) is 1.27. The van der Waals surface area contributed by atoms with Gasteiger partial charge in [0, 0.05) is 22.5 Å². The van der Waals surface area contributed by atoms with Gasteiger partial charge in [0.1, 0.15) is 0 Å². The van der Waals surface area contributed by atoms with E-state index in [0.717, 1.165) is 0 Å². The van der Waals surface area contributed by atoms with Crippen LogP contribution in [0.5, 0.6) is 0 Å². The van der Waals surface area contributed by atoms with Gasteiger partial charge in [-0.1, -0.05) is 0 Å². The van der Waals surface area contributed by atoms with E-state index in [0.29, 0.717) is 0 Å². The predicted octanol–water partition coefficient (Wildman–Crippen LogP) is -3.37. The first-order chi connectivity index (χ1) is 11.0. The van der Waals surface area contributed by atoms with Crippen LogP contribution in [0.2, 0.25) is 0 Å². The van der Waals surface area contributed by atoms with E-state index in [1.54, 1.807) is 0 Å². The molecule has 0 aromatic heterocycles. The van der Waals surface area contributed by atoms with Crippen LogP contribution in [0.3, 0.4) is 0 Å². The molecule has 0 aromatic rings. The molecule has 0 atom stereocenters. The van der Waals surface area contributed by atoms with Crippen molar-refractivity contribution in [2.24, 2.45) is 54.4 Å². The van der Waals surface area contributed by atoms with Crippen molar-refractivity contribution >= 4 is 34.2 Å². The molecule has 0 amide bonds. The van der Waals surface area contributed by atoms with Crippen molar-refractivity contribution in [1.29, 1.82) is 0 Å². The van der Waals surface area contributed by atoms with Gasteiger partial charge >= 0.3 is 17.1 Å². The van der Waals surface area contributed by atoms with Gasteiger partial charge in [-0.3, -0.25) is 8.42 Å². The molecule has 0 aliphatic carbocycles. The van der Waals surface area contributed by atoms with Crippen molar-refractivity contribution in [1.82, 2.24) is 0 Å². The largest absolute Gasteiger partial charge is 2.00 e. The Kier molecular flexibility index (Phi) is 19.9. The maximum atomic E-state index is 8.52. The Morgan fingerprint density at radius 2 is 0.923 bits per heavy atom. The summed E-state index contributed by atoms with van der Waals surface area (Å²) in [7, 11) is -5.17. The second-order valence-electron chi connectivity index (χ2n) is 4.64. The third kappa shape index (κ3) is 49.5. The fourth-order valence-electron chi connectivity index (χ4n) is 0.851. The molecule has 0 heterocycles. The van der Waals surface area contributed by atoms with Crippen LogP contribution >= 0.6 is 0 Å². The van der Waals surface area contributed by atoms with Gasteiger partial charge in [0.2, 0.25) is 11.9 Å². The zero-order valence-corrected chi connectivity index (χ0v) is 16.5. The number of nitrogens with zero attached hydrogens (tertiary/aromatic N) is 4. The van der Waals surface area contributed by atoms with Crippen molar-refractivity contribution in [3.8, 4) is 0 Å². The van der Waals surface area contributed by atoms with E-state index in [1.807, 2.05) is 27.7 Å². The third-order valence-corrected chi connectivity index (χ3v) is 1.27. The van der Waals surface area contributed by atoms with Crippen LogP contribution in [0.1, 0.15) is 27.7 Å². The number of rotatable bonds is 2. The van der Waals surface area contributed by atoms with Crippen molar-refractivity contribution in [3.63, 3.8) is 0 Å². The molecule has 157 valence electrons. The molecular weight excluding hydrogens is 420 g/mol. The fourth-order valence-corrected chi connectivity index (χ4v) is 0.851. The molecule has 0 saturated carbocycles. The van der Waals surface area contributed by atoms with E-state index < -0.39 is 10.4 Å². The zero-order chi connectivity index (χ0) is 20.8. The van der Waals surface area contributed by atoms with Crippen molar-refractivity contribution in [2.75, 3.05) is 0 Å². The molecule has 0 aliphatic heterocycles. The second-order valence-corrected chi connectivity index (χ2v) is 5.46. The molecule has 0 rings (SSSR count). The smallest absolute Gasteiger partial charge is 0.759 e. The topological polar surface area (TPSA) is 286 Å². The maximum absolute atomic E-state index is 8.52. The Morgan fingerprint density at radius 1 is 0.731 bits per heavy atom. The van der Waals surface area contributed by atoms with E-state index in [9.17, 15) is 0 Å². The van der Waals surface area contributed by atoms with Crippen LogP contribution < -0.4 is 34.4 Å². The van der Waals surface area contributed by atoms with E-state index >= 15 is 0 Å². The molecule has 0 saturated heterocycles. The van der Waals surface area contributed by atoms with Crippen LogP contribution in [0.25, 0.3) is 0 Å². The van der Waals surface area contributed by atoms with E-state index in [1.165, 1.54) is 0 Å². The van der Waals surface area contributed by atoms with Crippen LogP contribution in [-0.4, -0.2) is 53.4 Å². The summed E-state index contributed by atoms with van der Waals surface area (Å²) in [5.41, 5.74) is 30.7. The number of guanidine groups is 4. The summed E-state index contributed by atoms with van der Waals surface area (Å²) in [4.78, 5) is 14.8. The average Bonchev–Trinajstić information content (AvgIpc) is 2.21. The summed E-state index contributed by atoms with van der Waals surface area (Å²) in [6, 6.07) is 0.228. The average molecular weight is 446 g/mol. The molecule has 14 nitrogen and oxygen atoms in total. The maximum Gasteiger partial charge on any atom is 2.00 e. The summed E-state index contributed by atoms with van der Waals surface area (Å²) in [6.07, 6.45) is 0. The number of aliphatic imine (C=N–C) groups is 4. The van der Waals surface area contributed by atoms with E-state index in [4.69, 9.17) is 51.9 Å². The molecule has 1 radical (unpaired) electrons. The first-order valence-electron chi connectivity index (χ1n) is 6.57. The monoisotopic (exact) mass is 445 g/mol. The minimum absolute atomic E-state index is 0. The predicted molar refractivity (Wildman–Crippen MR) is 95.6 cm³/mol. The van der Waals surface area contributed by atoms with Crippen molar-refractivity contribution < 1.29 is 34.6 Å². The van der Waals surface area contributed by atoms with E-state index in [-0.39, 0.29) is 53.0 Å². The Morgan fingerprint density at radius 3 is 1.04 bits per heavy atom. The Balaban J connectivity index is -0.000000145. The van der Waals surface area contributed by atoms with Crippen LogP contribution in [0.15, 0.2) is 20.0 Å². The minimum atomic E-state index is -5.17. The molecular formula is C10H26CuN10O4S. The fraction of sp³-hybridized carbons (Fsp3) is 0.600. The Bertz CT molecular complexity index is 547. The first-order valence-corrected chi connectivity index (χ1v) is 7.90. The zero-order valence-electron chi connectivity index (χ0n) is 14.8. The SMILES string of the molecule is CC(C)N=C(N)N=C(N)N.CC(C)N=C(N)N=C(N)N.O=S(=O)([O-])[O-].[Cu+2]. The number of nitrogens with two attached hydrogens (primary N) is 6. The summed E-state index contributed by atoms with van der Waals surface area (Å²) in [6.45, 7) is 7.54. The summed E-state index contributed by atoms with van der Waals surface area (Å²) >= 11 is 0. The molecule has 0 bridgehead atoms. The quantitative estimate of drug-likeness (QED) is 0.0804. The molecule has 12 N–H and O–H groups in total. The van der Waals surface area contributed by atoms with Gasteiger partial charge < -0.3 is 43.5 Å². The minimum Gasteiger partial charge on any atom is -0.759 e. The van der Waals surface area contributed by atoms with Gasteiger partial charge in [-0.2, -0.15) is 9.98 Å². The second kappa shape index (κ2) is 16.3. The van der Waals surface area contributed by atoms with Gasteiger partial charge in [-0.05, 0) is 27.7 Å². The van der Waals surface area contributed by atoms with Crippen LogP contribution in [-0.2, 0) is 27.5 Å². The van der Waals surface area contributed by atoms with Gasteiger partial charge in [-0.15, -0.1) is 0 Å². The van der Waals surface area contributed by atoms with Gasteiger partial charge in [0.05, 0.1) is 0 Å².